The van der Waals surface area contributed by atoms with Crippen molar-refractivity contribution in [3.8, 4) is 11.5 Å². The summed E-state index contributed by atoms with van der Waals surface area (Å²) in [5, 5.41) is 2.39. The monoisotopic (exact) mass is 618 g/mol. The predicted octanol–water partition coefficient (Wildman–Crippen LogP) is 6.89. The molecule has 3 amide bonds. The lowest BCUT2D eigenvalue weighted by Crippen LogP contribution is -2.36. The summed E-state index contributed by atoms with van der Waals surface area (Å²) in [5.74, 6) is -0.600. The fraction of sp³-hybridized carbons (Fsp3) is 0.148. The van der Waals surface area contributed by atoms with Crippen LogP contribution in [0, 0.1) is 5.82 Å². The summed E-state index contributed by atoms with van der Waals surface area (Å²) in [7, 11) is 0. The van der Waals surface area contributed by atoms with Gasteiger partial charge in [-0.15, -0.1) is 0 Å². The molecule has 0 radical (unpaired) electrons. The third-order valence-corrected chi connectivity index (χ3v) is 7.08. The fourth-order valence-corrected chi connectivity index (χ4v) is 5.09. The van der Waals surface area contributed by atoms with Gasteiger partial charge in [-0.2, -0.15) is 0 Å². The number of rotatable bonds is 9. The van der Waals surface area contributed by atoms with Gasteiger partial charge >= 0.3 is 0 Å². The molecule has 0 aromatic heterocycles. The minimum atomic E-state index is -0.583. The van der Waals surface area contributed by atoms with Crippen molar-refractivity contribution < 1.29 is 28.2 Å². The number of imide groups is 1. The standard InChI is InChI=1S/C27H21BrClFN2O5S/c1-2-36-22-12-17(11-19(28)25(22)37-15-16-7-9-18(30)10-8-16)13-23-26(34)32(27(35)38-23)14-24(33)31-21-6-4-3-5-20(21)29/h3-13H,2,14-15H2,1H3,(H,31,33)/b23-13+. The molecule has 0 atom stereocenters. The van der Waals surface area contributed by atoms with Gasteiger partial charge in [-0.25, -0.2) is 4.39 Å². The zero-order chi connectivity index (χ0) is 27.2. The van der Waals surface area contributed by atoms with E-state index in [4.69, 9.17) is 21.1 Å². The van der Waals surface area contributed by atoms with Crippen LogP contribution in [0.15, 0.2) is 70.0 Å². The highest BCUT2D eigenvalue weighted by molar-refractivity contribution is 9.10. The SMILES string of the molecule is CCOc1cc(/C=C2/SC(=O)N(CC(=O)Nc3ccccc3Cl)C2=O)cc(Br)c1OCc1ccc(F)cc1. The van der Waals surface area contributed by atoms with Gasteiger partial charge in [0.25, 0.3) is 11.1 Å². The number of nitrogens with zero attached hydrogens (tertiary/aromatic N) is 1. The molecule has 0 bridgehead atoms. The number of amides is 3. The molecule has 3 aromatic carbocycles. The highest BCUT2D eigenvalue weighted by Gasteiger charge is 2.36. The van der Waals surface area contributed by atoms with Gasteiger partial charge in [-0.1, -0.05) is 35.9 Å². The Kier molecular flexibility index (Phi) is 9.09. The maximum Gasteiger partial charge on any atom is 0.294 e. The van der Waals surface area contributed by atoms with Crippen LogP contribution in [0.2, 0.25) is 5.02 Å². The lowest BCUT2D eigenvalue weighted by Gasteiger charge is -2.15. The van der Waals surface area contributed by atoms with Crippen LogP contribution in [-0.4, -0.2) is 35.1 Å². The van der Waals surface area contributed by atoms with Gasteiger partial charge in [0.1, 0.15) is 19.0 Å². The van der Waals surface area contributed by atoms with Gasteiger partial charge in [-0.05, 0) is 88.2 Å². The molecule has 11 heteroatoms. The van der Waals surface area contributed by atoms with Crippen LogP contribution in [0.4, 0.5) is 14.9 Å². The van der Waals surface area contributed by atoms with Crippen molar-refractivity contribution in [2.24, 2.45) is 0 Å². The number of carbonyl (C=O) groups excluding carboxylic acids is 3. The summed E-state index contributed by atoms with van der Waals surface area (Å²) in [6.07, 6.45) is 1.55. The van der Waals surface area contributed by atoms with Crippen LogP contribution in [0.3, 0.4) is 0 Å². The Morgan fingerprint density at radius 3 is 2.58 bits per heavy atom. The molecular weight excluding hydrogens is 599 g/mol. The molecule has 0 unspecified atom stereocenters. The van der Waals surface area contributed by atoms with Crippen LogP contribution in [0.1, 0.15) is 18.1 Å². The van der Waals surface area contributed by atoms with E-state index in [-0.39, 0.29) is 17.3 Å². The number of benzene rings is 3. The Labute approximate surface area is 236 Å². The molecule has 1 aliphatic heterocycles. The van der Waals surface area contributed by atoms with E-state index in [0.29, 0.717) is 38.9 Å². The van der Waals surface area contributed by atoms with E-state index in [1.807, 2.05) is 6.92 Å². The quantitative estimate of drug-likeness (QED) is 0.263. The number of nitrogens with one attached hydrogen (secondary N) is 1. The van der Waals surface area contributed by atoms with E-state index in [1.165, 1.54) is 12.1 Å². The van der Waals surface area contributed by atoms with Crippen molar-refractivity contribution in [3.63, 3.8) is 0 Å². The molecule has 1 saturated heterocycles. The second-order valence-electron chi connectivity index (χ2n) is 7.97. The van der Waals surface area contributed by atoms with Gasteiger partial charge in [0.05, 0.1) is 26.7 Å². The first-order valence-electron chi connectivity index (χ1n) is 11.4. The minimum Gasteiger partial charge on any atom is -0.490 e. The molecule has 1 fully saturated rings. The lowest BCUT2D eigenvalue weighted by atomic mass is 10.1. The van der Waals surface area contributed by atoms with Crippen molar-refractivity contribution in [1.82, 2.24) is 4.90 Å². The average molecular weight is 620 g/mol. The Hall–Kier alpha value is -3.34. The third kappa shape index (κ3) is 6.75. The fourth-order valence-electron chi connectivity index (χ4n) is 3.49. The van der Waals surface area contributed by atoms with Crippen molar-refractivity contribution in [1.29, 1.82) is 0 Å². The van der Waals surface area contributed by atoms with Crippen LogP contribution in [0.5, 0.6) is 11.5 Å². The second-order valence-corrected chi connectivity index (χ2v) is 10.2. The molecule has 0 spiro atoms. The highest BCUT2D eigenvalue weighted by atomic mass is 79.9. The number of ether oxygens (including phenoxy) is 2. The average Bonchev–Trinajstić information content (AvgIpc) is 3.13. The number of hydrogen-bond acceptors (Lipinski definition) is 6. The van der Waals surface area contributed by atoms with Crippen molar-refractivity contribution >= 4 is 68.1 Å². The number of carbonyl (C=O) groups is 3. The predicted molar refractivity (Wildman–Crippen MR) is 149 cm³/mol. The van der Waals surface area contributed by atoms with Crippen LogP contribution >= 0.6 is 39.3 Å². The molecular formula is C27H21BrClFN2O5S. The van der Waals surface area contributed by atoms with Gasteiger partial charge in [0, 0.05) is 0 Å². The van der Waals surface area contributed by atoms with Crippen LogP contribution < -0.4 is 14.8 Å². The molecule has 3 aromatic rings. The summed E-state index contributed by atoms with van der Waals surface area (Å²) in [5.41, 5.74) is 1.74. The summed E-state index contributed by atoms with van der Waals surface area (Å²) >= 11 is 10.3. The van der Waals surface area contributed by atoms with Gasteiger partial charge < -0.3 is 14.8 Å². The highest BCUT2D eigenvalue weighted by Crippen LogP contribution is 2.39. The number of para-hydroxylation sites is 1. The number of halogens is 3. The largest absolute Gasteiger partial charge is 0.490 e. The summed E-state index contributed by atoms with van der Waals surface area (Å²) in [6.45, 7) is 1.92. The normalized spacial score (nSPS) is 14.2. The first-order valence-corrected chi connectivity index (χ1v) is 13.4. The van der Waals surface area contributed by atoms with E-state index < -0.39 is 23.6 Å². The number of hydrogen-bond donors (Lipinski definition) is 1. The topological polar surface area (TPSA) is 84.9 Å². The van der Waals surface area contributed by atoms with E-state index in [1.54, 1.807) is 54.6 Å². The van der Waals surface area contributed by atoms with Gasteiger partial charge in [-0.3, -0.25) is 19.3 Å². The zero-order valence-corrected chi connectivity index (χ0v) is 23.2. The summed E-state index contributed by atoms with van der Waals surface area (Å²) in [4.78, 5) is 38.9. The van der Waals surface area contributed by atoms with Crippen molar-refractivity contribution in [3.05, 3.63) is 92.0 Å². The molecule has 196 valence electrons. The lowest BCUT2D eigenvalue weighted by molar-refractivity contribution is -0.127. The molecule has 7 nitrogen and oxygen atoms in total. The maximum absolute atomic E-state index is 13.2. The number of thioether (sulfide) groups is 1. The van der Waals surface area contributed by atoms with Gasteiger partial charge in [0.15, 0.2) is 11.5 Å². The molecule has 4 rings (SSSR count). The summed E-state index contributed by atoms with van der Waals surface area (Å²) < 4.78 is 25.4. The van der Waals surface area contributed by atoms with E-state index >= 15 is 0 Å². The van der Waals surface area contributed by atoms with Crippen molar-refractivity contribution in [2.75, 3.05) is 18.5 Å². The third-order valence-electron chi connectivity index (χ3n) is 5.25. The molecule has 0 saturated carbocycles. The Bertz CT molecular complexity index is 1420. The summed E-state index contributed by atoms with van der Waals surface area (Å²) in [6, 6.07) is 16.0. The second kappa shape index (κ2) is 12.5. The van der Waals surface area contributed by atoms with Crippen molar-refractivity contribution in [2.45, 2.75) is 13.5 Å². The Morgan fingerprint density at radius 2 is 1.87 bits per heavy atom. The van der Waals surface area contributed by atoms with E-state index in [2.05, 4.69) is 21.2 Å². The van der Waals surface area contributed by atoms with Crippen LogP contribution in [0.25, 0.3) is 6.08 Å². The van der Waals surface area contributed by atoms with E-state index in [9.17, 15) is 18.8 Å². The maximum atomic E-state index is 13.2. The van der Waals surface area contributed by atoms with Gasteiger partial charge in [0.2, 0.25) is 5.91 Å². The van der Waals surface area contributed by atoms with E-state index in [0.717, 1.165) is 22.2 Å². The zero-order valence-electron chi connectivity index (χ0n) is 20.0. The van der Waals surface area contributed by atoms with Crippen LogP contribution in [-0.2, 0) is 16.2 Å². The Balaban J connectivity index is 1.49. The minimum absolute atomic E-state index is 0.162. The molecule has 38 heavy (non-hydrogen) atoms. The Morgan fingerprint density at radius 1 is 1.13 bits per heavy atom. The molecule has 0 aliphatic carbocycles. The molecule has 1 N–H and O–H groups in total. The number of anilines is 1. The molecule has 1 aliphatic rings. The first kappa shape index (κ1) is 27.7. The molecule has 1 heterocycles. The first-order chi connectivity index (χ1) is 18.2. The smallest absolute Gasteiger partial charge is 0.294 e.